The van der Waals surface area contributed by atoms with E-state index in [9.17, 15) is 26.3 Å². The Morgan fingerprint density at radius 2 is 1.81 bits per heavy atom. The van der Waals surface area contributed by atoms with E-state index in [1.165, 1.54) is 23.4 Å². The zero-order valence-electron chi connectivity index (χ0n) is 13.4. The molecule has 0 aromatic carbocycles. The first-order chi connectivity index (χ1) is 12.0. The Bertz CT molecular complexity index is 955. The molecule has 0 aliphatic rings. The van der Waals surface area contributed by atoms with Crippen LogP contribution in [-0.4, -0.2) is 20.3 Å². The Morgan fingerprint density at radius 1 is 1.12 bits per heavy atom. The van der Waals surface area contributed by atoms with Gasteiger partial charge in [0, 0.05) is 12.6 Å². The number of thioether (sulfide) groups is 1. The van der Waals surface area contributed by atoms with Crippen LogP contribution in [0.25, 0.3) is 22.4 Å². The van der Waals surface area contributed by atoms with Crippen molar-refractivity contribution in [3.8, 4) is 11.4 Å². The highest BCUT2D eigenvalue weighted by Crippen LogP contribution is 2.45. The summed E-state index contributed by atoms with van der Waals surface area (Å²) in [5.41, 5.74) is -0.516. The number of alkyl halides is 6. The number of imidazole rings is 1. The Labute approximate surface area is 152 Å². The Hall–Kier alpha value is -1.75. The van der Waals surface area contributed by atoms with E-state index in [1.807, 2.05) is 0 Å². The summed E-state index contributed by atoms with van der Waals surface area (Å²) in [6, 6.07) is 1.78. The second kappa shape index (κ2) is 6.45. The number of hydrogen-bond donors (Lipinski definition) is 0. The molecule has 0 aliphatic heterocycles. The third-order valence-corrected chi connectivity index (χ3v) is 5.90. The van der Waals surface area contributed by atoms with Crippen molar-refractivity contribution in [1.82, 2.24) is 14.5 Å². The van der Waals surface area contributed by atoms with Crippen molar-refractivity contribution in [2.45, 2.75) is 23.5 Å². The molecule has 0 unspecified atom stereocenters. The molecule has 3 heterocycles. The molecule has 0 saturated heterocycles. The minimum atomic E-state index is -4.62. The maximum absolute atomic E-state index is 13.1. The molecule has 0 amide bonds. The molecule has 0 N–H and O–H groups in total. The van der Waals surface area contributed by atoms with Gasteiger partial charge >= 0.3 is 12.4 Å². The lowest BCUT2D eigenvalue weighted by Gasteiger charge is -2.05. The van der Waals surface area contributed by atoms with Crippen molar-refractivity contribution in [3.63, 3.8) is 0 Å². The number of fused-ring (bicyclic) bond motifs is 1. The van der Waals surface area contributed by atoms with Gasteiger partial charge in [-0.2, -0.15) is 26.3 Å². The summed E-state index contributed by atoms with van der Waals surface area (Å²) in [6.45, 7) is 1.80. The standard InChI is InChI=1S/C15H11F6N3S2/c1-3-25-13-7(4-11(26-13)15(19,20)21)12-23-8-5-10(14(16,17)18)22-6-9(8)24(12)2/h4-6H,3H2,1-2H3. The molecule has 11 heteroatoms. The summed E-state index contributed by atoms with van der Waals surface area (Å²) >= 11 is 1.83. The normalized spacial score (nSPS) is 12.9. The number of pyridine rings is 1. The van der Waals surface area contributed by atoms with Gasteiger partial charge in [-0.05, 0) is 17.9 Å². The monoisotopic (exact) mass is 411 g/mol. The quantitative estimate of drug-likeness (QED) is 0.400. The van der Waals surface area contributed by atoms with E-state index < -0.39 is 22.9 Å². The maximum Gasteiger partial charge on any atom is 0.433 e. The second-order valence-corrected chi connectivity index (χ2v) is 7.88. The number of hydrogen-bond acceptors (Lipinski definition) is 4. The predicted octanol–water partition coefficient (Wildman–Crippen LogP) is 5.85. The highest BCUT2D eigenvalue weighted by atomic mass is 32.2. The largest absolute Gasteiger partial charge is 0.433 e. The lowest BCUT2D eigenvalue weighted by Crippen LogP contribution is -2.07. The van der Waals surface area contributed by atoms with Crippen LogP contribution in [0.3, 0.4) is 0 Å². The van der Waals surface area contributed by atoms with E-state index in [2.05, 4.69) is 9.97 Å². The molecule has 0 bridgehead atoms. The number of aryl methyl sites for hydroxylation is 1. The van der Waals surface area contributed by atoms with E-state index in [4.69, 9.17) is 0 Å². The van der Waals surface area contributed by atoms with Crippen molar-refractivity contribution >= 4 is 34.1 Å². The summed E-state index contributed by atoms with van der Waals surface area (Å²) in [5.74, 6) is 0.720. The first kappa shape index (κ1) is 19.0. The van der Waals surface area contributed by atoms with Gasteiger partial charge in [-0.1, -0.05) is 6.92 Å². The first-order valence-electron chi connectivity index (χ1n) is 7.26. The van der Waals surface area contributed by atoms with Crippen LogP contribution < -0.4 is 0 Å². The zero-order valence-corrected chi connectivity index (χ0v) is 15.0. The van der Waals surface area contributed by atoms with Gasteiger partial charge in [-0.25, -0.2) is 9.97 Å². The third kappa shape index (κ3) is 3.41. The molecule has 0 radical (unpaired) electrons. The predicted molar refractivity (Wildman–Crippen MR) is 88.2 cm³/mol. The van der Waals surface area contributed by atoms with Crippen molar-refractivity contribution in [3.05, 3.63) is 28.9 Å². The number of nitrogens with zero attached hydrogens (tertiary/aromatic N) is 3. The topological polar surface area (TPSA) is 30.7 Å². The van der Waals surface area contributed by atoms with E-state index in [1.54, 1.807) is 6.92 Å². The van der Waals surface area contributed by atoms with E-state index >= 15 is 0 Å². The molecule has 3 rings (SSSR count). The van der Waals surface area contributed by atoms with Gasteiger partial charge in [0.15, 0.2) is 0 Å². The molecular weight excluding hydrogens is 400 g/mol. The molecule has 0 aliphatic carbocycles. The molecule has 3 nitrogen and oxygen atoms in total. The van der Waals surface area contributed by atoms with Crippen LogP contribution in [0, 0.1) is 0 Å². The first-order valence-corrected chi connectivity index (χ1v) is 9.06. The fourth-order valence-corrected chi connectivity index (χ4v) is 4.57. The number of rotatable bonds is 3. The molecule has 0 fully saturated rings. The van der Waals surface area contributed by atoms with Crippen LogP contribution >= 0.6 is 23.1 Å². The molecule has 140 valence electrons. The van der Waals surface area contributed by atoms with Crippen molar-refractivity contribution in [2.24, 2.45) is 7.05 Å². The number of thiophene rings is 1. The molecular formula is C15H11F6N3S2. The number of halogens is 6. The SMILES string of the molecule is CCSc1sc(C(F)(F)F)cc1-c1nc2cc(C(F)(F)F)ncc2n1C. The van der Waals surface area contributed by atoms with Gasteiger partial charge in [0.05, 0.1) is 21.4 Å². The van der Waals surface area contributed by atoms with Crippen LogP contribution in [0.1, 0.15) is 17.5 Å². The molecule has 3 aromatic rings. The summed E-state index contributed by atoms with van der Waals surface area (Å²) in [5, 5.41) is 0. The smallest absolute Gasteiger partial charge is 0.326 e. The van der Waals surface area contributed by atoms with Crippen LogP contribution in [-0.2, 0) is 19.4 Å². The Kier molecular flexibility index (Phi) is 4.72. The van der Waals surface area contributed by atoms with Crippen LogP contribution in [0.4, 0.5) is 26.3 Å². The van der Waals surface area contributed by atoms with E-state index in [0.717, 1.165) is 18.3 Å². The molecule has 26 heavy (non-hydrogen) atoms. The van der Waals surface area contributed by atoms with Gasteiger partial charge in [-0.15, -0.1) is 23.1 Å². The van der Waals surface area contributed by atoms with Crippen molar-refractivity contribution in [2.75, 3.05) is 5.75 Å². The minimum absolute atomic E-state index is 0.0250. The van der Waals surface area contributed by atoms with E-state index in [-0.39, 0.29) is 16.9 Å². The van der Waals surface area contributed by atoms with Gasteiger partial charge in [-0.3, -0.25) is 0 Å². The molecule has 0 saturated carbocycles. The van der Waals surface area contributed by atoms with Crippen LogP contribution in [0.2, 0.25) is 0 Å². The van der Waals surface area contributed by atoms with E-state index in [0.29, 0.717) is 26.8 Å². The number of aromatic nitrogens is 3. The maximum atomic E-state index is 13.1. The van der Waals surface area contributed by atoms with Crippen LogP contribution in [0.5, 0.6) is 0 Å². The summed E-state index contributed by atoms with van der Waals surface area (Å²) in [7, 11) is 1.53. The fourth-order valence-electron chi connectivity index (χ4n) is 2.39. The molecule has 0 spiro atoms. The summed E-state index contributed by atoms with van der Waals surface area (Å²) < 4.78 is 79.5. The summed E-state index contributed by atoms with van der Waals surface area (Å²) in [4.78, 5) is 6.75. The lowest BCUT2D eigenvalue weighted by atomic mass is 10.3. The van der Waals surface area contributed by atoms with Gasteiger partial charge in [0.1, 0.15) is 16.4 Å². The average Bonchev–Trinajstić information content (AvgIpc) is 3.08. The molecule has 0 atom stereocenters. The summed E-state index contributed by atoms with van der Waals surface area (Å²) in [6.07, 6.45) is -8.10. The van der Waals surface area contributed by atoms with Crippen LogP contribution in [0.15, 0.2) is 22.5 Å². The fraction of sp³-hybridized carbons (Fsp3) is 0.333. The minimum Gasteiger partial charge on any atom is -0.326 e. The second-order valence-electron chi connectivity index (χ2n) is 5.29. The highest BCUT2D eigenvalue weighted by molar-refractivity contribution is 8.01. The van der Waals surface area contributed by atoms with Gasteiger partial charge in [0.2, 0.25) is 0 Å². The average molecular weight is 411 g/mol. The third-order valence-electron chi connectivity index (χ3n) is 3.55. The van der Waals surface area contributed by atoms with Gasteiger partial charge in [0.25, 0.3) is 0 Å². The Balaban J connectivity index is 2.19. The highest BCUT2D eigenvalue weighted by Gasteiger charge is 2.35. The zero-order chi connectivity index (χ0) is 19.3. The lowest BCUT2D eigenvalue weighted by molar-refractivity contribution is -0.141. The van der Waals surface area contributed by atoms with Crippen molar-refractivity contribution in [1.29, 1.82) is 0 Å². The van der Waals surface area contributed by atoms with Gasteiger partial charge < -0.3 is 4.57 Å². The van der Waals surface area contributed by atoms with Crippen molar-refractivity contribution < 1.29 is 26.3 Å². The molecule has 3 aromatic heterocycles. The Morgan fingerprint density at radius 3 is 2.38 bits per heavy atom.